The third kappa shape index (κ3) is 5.73. The van der Waals surface area contributed by atoms with Gasteiger partial charge in [-0.1, -0.05) is 48.0 Å². The maximum absolute atomic E-state index is 11.9. The van der Waals surface area contributed by atoms with E-state index in [1.807, 2.05) is 72.1 Å². The molecule has 2 aromatic carbocycles. The van der Waals surface area contributed by atoms with Crippen LogP contribution in [0.1, 0.15) is 16.0 Å². The van der Waals surface area contributed by atoms with E-state index in [2.05, 4.69) is 0 Å². The third-order valence-corrected chi connectivity index (χ3v) is 4.68. The number of halogens is 1. The molecule has 0 bridgehead atoms. The van der Waals surface area contributed by atoms with Crippen molar-refractivity contribution >= 4 is 40.9 Å². The summed E-state index contributed by atoms with van der Waals surface area (Å²) in [5.74, 6) is 0.738. The molecule has 0 fully saturated rings. The van der Waals surface area contributed by atoms with Crippen molar-refractivity contribution in [1.29, 1.82) is 0 Å². The lowest BCUT2D eigenvalue weighted by molar-refractivity contribution is -0.110. The average molecular weight is 381 g/mol. The highest BCUT2D eigenvalue weighted by Gasteiger charge is 1.97. The molecule has 0 amide bonds. The third-order valence-electron chi connectivity index (χ3n) is 3.59. The largest absolute Gasteiger partial charge is 0.489 e. The second kappa shape index (κ2) is 9.18. The summed E-state index contributed by atoms with van der Waals surface area (Å²) in [5.41, 5.74) is 2.00. The molecular weight excluding hydrogens is 364 g/mol. The van der Waals surface area contributed by atoms with Gasteiger partial charge in [-0.05, 0) is 65.1 Å². The first-order valence-electron chi connectivity index (χ1n) is 8.10. The molecule has 0 N–H and O–H groups in total. The number of thiophene rings is 1. The first-order chi connectivity index (χ1) is 12.7. The van der Waals surface area contributed by atoms with Gasteiger partial charge in [-0.15, -0.1) is 11.3 Å². The molecule has 0 aliphatic carbocycles. The Labute approximate surface area is 162 Å². The lowest BCUT2D eigenvalue weighted by Gasteiger charge is -2.06. The Morgan fingerprint density at radius 3 is 2.38 bits per heavy atom. The van der Waals surface area contributed by atoms with Gasteiger partial charge in [0, 0.05) is 9.90 Å². The minimum atomic E-state index is -0.0403. The van der Waals surface area contributed by atoms with Crippen LogP contribution in [-0.4, -0.2) is 5.78 Å². The summed E-state index contributed by atoms with van der Waals surface area (Å²) < 4.78 is 5.75. The number of carbonyl (C=O) groups excluding carboxylic acids is 1. The molecule has 26 heavy (non-hydrogen) atoms. The number of carbonyl (C=O) groups is 1. The number of ketones is 1. The van der Waals surface area contributed by atoms with Crippen LogP contribution in [0.15, 0.2) is 78.2 Å². The quantitative estimate of drug-likeness (QED) is 0.451. The maximum atomic E-state index is 11.9. The van der Waals surface area contributed by atoms with Crippen molar-refractivity contribution in [3.63, 3.8) is 0 Å². The standard InChI is InChI=1S/C22H17ClO2S/c23-19-8-3-18(4-9-19)16-25-21-12-6-17(7-13-21)5-10-20(24)11-14-22-2-1-15-26-22/h1-15H,16H2. The van der Waals surface area contributed by atoms with Gasteiger partial charge in [0.1, 0.15) is 12.4 Å². The average Bonchev–Trinajstić information content (AvgIpc) is 3.19. The van der Waals surface area contributed by atoms with Crippen LogP contribution in [0.4, 0.5) is 0 Å². The Morgan fingerprint density at radius 2 is 1.69 bits per heavy atom. The van der Waals surface area contributed by atoms with Gasteiger partial charge in [-0.3, -0.25) is 4.79 Å². The zero-order valence-corrected chi connectivity index (χ0v) is 15.5. The van der Waals surface area contributed by atoms with Crippen molar-refractivity contribution in [2.45, 2.75) is 6.61 Å². The maximum Gasteiger partial charge on any atom is 0.178 e. The summed E-state index contributed by atoms with van der Waals surface area (Å²) in [6, 6.07) is 19.1. The summed E-state index contributed by atoms with van der Waals surface area (Å²) >= 11 is 7.47. The first kappa shape index (κ1) is 18.2. The van der Waals surface area contributed by atoms with Crippen molar-refractivity contribution in [1.82, 2.24) is 0 Å². The molecular formula is C22H17ClO2S. The van der Waals surface area contributed by atoms with Gasteiger partial charge in [-0.25, -0.2) is 0 Å². The molecule has 2 nitrogen and oxygen atoms in total. The highest BCUT2D eigenvalue weighted by atomic mass is 35.5. The molecule has 0 aliphatic heterocycles. The topological polar surface area (TPSA) is 26.3 Å². The number of hydrogen-bond donors (Lipinski definition) is 0. The van der Waals surface area contributed by atoms with Crippen molar-refractivity contribution in [3.8, 4) is 5.75 Å². The lowest BCUT2D eigenvalue weighted by atomic mass is 10.2. The van der Waals surface area contributed by atoms with E-state index in [0.29, 0.717) is 11.6 Å². The van der Waals surface area contributed by atoms with E-state index in [0.717, 1.165) is 21.8 Å². The predicted molar refractivity (Wildman–Crippen MR) is 110 cm³/mol. The summed E-state index contributed by atoms with van der Waals surface area (Å²) in [7, 11) is 0. The summed E-state index contributed by atoms with van der Waals surface area (Å²) in [6.45, 7) is 0.484. The molecule has 4 heteroatoms. The number of rotatable bonds is 7. The van der Waals surface area contributed by atoms with Gasteiger partial charge < -0.3 is 4.74 Å². The molecule has 0 saturated carbocycles. The van der Waals surface area contributed by atoms with Crippen LogP contribution in [0.5, 0.6) is 5.75 Å². The second-order valence-electron chi connectivity index (χ2n) is 5.57. The van der Waals surface area contributed by atoms with E-state index in [9.17, 15) is 4.79 Å². The highest BCUT2D eigenvalue weighted by Crippen LogP contribution is 2.16. The molecule has 1 heterocycles. The Morgan fingerprint density at radius 1 is 0.962 bits per heavy atom. The number of ether oxygens (including phenoxy) is 1. The van der Waals surface area contributed by atoms with Crippen LogP contribution in [0.2, 0.25) is 5.02 Å². The van der Waals surface area contributed by atoms with Gasteiger partial charge in [0.15, 0.2) is 5.78 Å². The van der Waals surface area contributed by atoms with Crippen LogP contribution in [-0.2, 0) is 11.4 Å². The highest BCUT2D eigenvalue weighted by molar-refractivity contribution is 7.10. The molecule has 0 unspecified atom stereocenters. The van der Waals surface area contributed by atoms with E-state index in [4.69, 9.17) is 16.3 Å². The molecule has 0 radical (unpaired) electrons. The van der Waals surface area contributed by atoms with Crippen LogP contribution in [0.25, 0.3) is 12.2 Å². The number of hydrogen-bond acceptors (Lipinski definition) is 3. The fourth-order valence-electron chi connectivity index (χ4n) is 2.21. The van der Waals surface area contributed by atoms with Crippen LogP contribution >= 0.6 is 22.9 Å². The Kier molecular flexibility index (Phi) is 6.42. The Balaban J connectivity index is 1.52. The van der Waals surface area contributed by atoms with Crippen LogP contribution in [0.3, 0.4) is 0 Å². The van der Waals surface area contributed by atoms with Crippen LogP contribution in [0, 0.1) is 0 Å². The minimum Gasteiger partial charge on any atom is -0.489 e. The number of benzene rings is 2. The molecule has 1 aromatic heterocycles. The zero-order valence-electron chi connectivity index (χ0n) is 14.0. The fraction of sp³-hybridized carbons (Fsp3) is 0.0455. The van der Waals surface area contributed by atoms with E-state index >= 15 is 0 Å². The monoisotopic (exact) mass is 380 g/mol. The Hall–Kier alpha value is -2.62. The van der Waals surface area contributed by atoms with E-state index in [1.54, 1.807) is 29.6 Å². The smallest absolute Gasteiger partial charge is 0.178 e. The predicted octanol–water partition coefficient (Wildman–Crippen LogP) is 6.28. The van der Waals surface area contributed by atoms with Gasteiger partial charge >= 0.3 is 0 Å². The van der Waals surface area contributed by atoms with Crippen molar-refractivity contribution < 1.29 is 9.53 Å². The van der Waals surface area contributed by atoms with Gasteiger partial charge in [0.05, 0.1) is 0 Å². The van der Waals surface area contributed by atoms with E-state index < -0.39 is 0 Å². The normalized spacial score (nSPS) is 11.3. The molecule has 0 atom stereocenters. The van der Waals surface area contributed by atoms with Crippen LogP contribution < -0.4 is 4.74 Å². The molecule has 0 spiro atoms. The van der Waals surface area contributed by atoms with Crippen molar-refractivity contribution in [3.05, 3.63) is 99.2 Å². The lowest BCUT2D eigenvalue weighted by Crippen LogP contribution is -1.94. The summed E-state index contributed by atoms with van der Waals surface area (Å²) in [5, 5.41) is 2.70. The molecule has 0 saturated heterocycles. The first-order valence-corrected chi connectivity index (χ1v) is 9.36. The van der Waals surface area contributed by atoms with Gasteiger partial charge in [-0.2, -0.15) is 0 Å². The van der Waals surface area contributed by atoms with E-state index in [1.165, 1.54) is 0 Å². The fourth-order valence-corrected chi connectivity index (χ4v) is 2.95. The van der Waals surface area contributed by atoms with E-state index in [-0.39, 0.29) is 5.78 Å². The molecule has 3 aromatic rings. The molecule has 130 valence electrons. The number of allylic oxidation sites excluding steroid dienone is 2. The zero-order chi connectivity index (χ0) is 18.2. The molecule has 0 aliphatic rings. The Bertz CT molecular complexity index is 892. The second-order valence-corrected chi connectivity index (χ2v) is 6.98. The summed E-state index contributed by atoms with van der Waals surface area (Å²) in [6.07, 6.45) is 6.76. The minimum absolute atomic E-state index is 0.0403. The summed E-state index contributed by atoms with van der Waals surface area (Å²) in [4.78, 5) is 12.9. The van der Waals surface area contributed by atoms with Gasteiger partial charge in [0.25, 0.3) is 0 Å². The SMILES string of the molecule is O=C(C=Cc1ccc(OCc2ccc(Cl)cc2)cc1)C=Cc1cccs1. The van der Waals surface area contributed by atoms with Crippen molar-refractivity contribution in [2.24, 2.45) is 0 Å². The van der Waals surface area contributed by atoms with Gasteiger partial charge in [0.2, 0.25) is 0 Å². The molecule has 3 rings (SSSR count). The van der Waals surface area contributed by atoms with Crippen molar-refractivity contribution in [2.75, 3.05) is 0 Å².